The van der Waals surface area contributed by atoms with Gasteiger partial charge in [0, 0.05) is 13.5 Å². The van der Waals surface area contributed by atoms with Crippen molar-refractivity contribution in [2.24, 2.45) is 0 Å². The first-order chi connectivity index (χ1) is 11.5. The fourth-order valence-corrected chi connectivity index (χ4v) is 3.39. The van der Waals surface area contributed by atoms with E-state index in [4.69, 9.17) is 0 Å². The molecule has 1 aliphatic rings. The lowest BCUT2D eigenvalue weighted by Gasteiger charge is -2.40. The number of rotatable bonds is 2. The first kappa shape index (κ1) is 16.2. The second-order valence-corrected chi connectivity index (χ2v) is 6.40. The molecule has 0 N–H and O–H groups in total. The van der Waals surface area contributed by atoms with E-state index in [9.17, 15) is 9.59 Å². The van der Waals surface area contributed by atoms with Crippen LogP contribution >= 0.6 is 0 Å². The summed E-state index contributed by atoms with van der Waals surface area (Å²) < 4.78 is 0. The Bertz CT molecular complexity index is 785. The molecule has 4 nitrogen and oxygen atoms in total. The maximum absolute atomic E-state index is 12.9. The zero-order valence-electron chi connectivity index (χ0n) is 14.3. The van der Waals surface area contributed by atoms with Crippen molar-refractivity contribution in [1.29, 1.82) is 0 Å². The summed E-state index contributed by atoms with van der Waals surface area (Å²) in [7, 11) is 0. The number of amides is 2. The molecule has 2 aromatic carbocycles. The summed E-state index contributed by atoms with van der Waals surface area (Å²) in [6, 6.07) is 15.6. The number of carbonyl (C=O) groups is 2. The van der Waals surface area contributed by atoms with E-state index in [1.807, 2.05) is 67.3 Å². The number of fused-ring (bicyclic) bond motifs is 1. The first-order valence-electron chi connectivity index (χ1n) is 8.22. The predicted octanol–water partition coefficient (Wildman–Crippen LogP) is 3.33. The number of benzene rings is 2. The Morgan fingerprint density at radius 1 is 1.08 bits per heavy atom. The minimum atomic E-state index is -0.0427. The van der Waals surface area contributed by atoms with Crippen LogP contribution in [0.3, 0.4) is 0 Å². The second-order valence-electron chi connectivity index (χ2n) is 6.40. The Hall–Kier alpha value is -2.62. The summed E-state index contributed by atoms with van der Waals surface area (Å²) in [5.41, 5.74) is 3.78. The molecule has 3 rings (SSSR count). The molecule has 0 fully saturated rings. The van der Waals surface area contributed by atoms with Gasteiger partial charge in [0.05, 0.1) is 23.8 Å². The van der Waals surface area contributed by atoms with E-state index in [0.717, 1.165) is 22.5 Å². The largest absolute Gasteiger partial charge is 0.308 e. The van der Waals surface area contributed by atoms with Crippen LogP contribution in [-0.2, 0) is 16.0 Å². The van der Waals surface area contributed by atoms with Gasteiger partial charge in [-0.1, -0.05) is 42.0 Å². The highest BCUT2D eigenvalue weighted by Crippen LogP contribution is 2.35. The Kier molecular flexibility index (Phi) is 4.38. The summed E-state index contributed by atoms with van der Waals surface area (Å²) in [6.45, 7) is 6.08. The highest BCUT2D eigenvalue weighted by molar-refractivity contribution is 6.04. The van der Waals surface area contributed by atoms with Crippen molar-refractivity contribution in [3.63, 3.8) is 0 Å². The number of hydrogen-bond acceptors (Lipinski definition) is 2. The maximum atomic E-state index is 12.9. The van der Waals surface area contributed by atoms with Gasteiger partial charge < -0.3 is 9.80 Å². The van der Waals surface area contributed by atoms with Gasteiger partial charge in [-0.25, -0.2) is 0 Å². The molecule has 0 aliphatic carbocycles. The molecule has 4 heteroatoms. The van der Waals surface area contributed by atoms with E-state index >= 15 is 0 Å². The van der Waals surface area contributed by atoms with Gasteiger partial charge >= 0.3 is 0 Å². The Morgan fingerprint density at radius 2 is 1.79 bits per heavy atom. The van der Waals surface area contributed by atoms with Crippen LogP contribution in [0.25, 0.3) is 0 Å². The topological polar surface area (TPSA) is 40.6 Å². The number of nitrogens with zero attached hydrogens (tertiary/aromatic N) is 2. The highest BCUT2D eigenvalue weighted by atomic mass is 16.2. The lowest BCUT2D eigenvalue weighted by molar-refractivity contribution is -0.119. The van der Waals surface area contributed by atoms with Crippen LogP contribution in [0.1, 0.15) is 25.0 Å². The highest BCUT2D eigenvalue weighted by Gasteiger charge is 2.32. The normalized spacial score (nSPS) is 16.7. The van der Waals surface area contributed by atoms with Gasteiger partial charge in [0.2, 0.25) is 11.8 Å². The maximum Gasteiger partial charge on any atom is 0.231 e. The average Bonchev–Trinajstić information content (AvgIpc) is 2.53. The molecule has 0 bridgehead atoms. The van der Waals surface area contributed by atoms with Crippen molar-refractivity contribution in [1.82, 2.24) is 0 Å². The van der Waals surface area contributed by atoms with Gasteiger partial charge in [0.1, 0.15) is 0 Å². The van der Waals surface area contributed by atoms with Gasteiger partial charge in [-0.05, 0) is 31.5 Å². The molecule has 0 spiro atoms. The molecule has 0 unspecified atom stereocenters. The third-order valence-corrected chi connectivity index (χ3v) is 4.40. The monoisotopic (exact) mass is 322 g/mol. The summed E-state index contributed by atoms with van der Waals surface area (Å²) in [4.78, 5) is 28.5. The quantitative estimate of drug-likeness (QED) is 0.851. The van der Waals surface area contributed by atoms with Crippen LogP contribution in [0, 0.1) is 6.92 Å². The van der Waals surface area contributed by atoms with Crippen LogP contribution in [0.2, 0.25) is 0 Å². The smallest absolute Gasteiger partial charge is 0.231 e. The Labute approximate surface area is 142 Å². The van der Waals surface area contributed by atoms with Crippen molar-refractivity contribution in [2.45, 2.75) is 33.2 Å². The number of para-hydroxylation sites is 2. The number of anilines is 2. The zero-order valence-corrected chi connectivity index (χ0v) is 14.3. The Balaban J connectivity index is 1.92. The molecule has 1 heterocycles. The van der Waals surface area contributed by atoms with Crippen molar-refractivity contribution >= 4 is 23.2 Å². The molecule has 2 aromatic rings. The van der Waals surface area contributed by atoms with E-state index in [1.165, 1.54) is 0 Å². The lowest BCUT2D eigenvalue weighted by Crippen LogP contribution is -2.51. The van der Waals surface area contributed by atoms with Crippen LogP contribution < -0.4 is 9.80 Å². The molecular weight excluding hydrogens is 300 g/mol. The molecule has 0 radical (unpaired) electrons. The van der Waals surface area contributed by atoms with Gasteiger partial charge in [0.15, 0.2) is 0 Å². The molecular formula is C20H22N2O2. The van der Waals surface area contributed by atoms with Crippen molar-refractivity contribution < 1.29 is 9.59 Å². The van der Waals surface area contributed by atoms with E-state index in [1.54, 1.807) is 11.8 Å². The average molecular weight is 322 g/mol. The first-order valence-corrected chi connectivity index (χ1v) is 8.22. The summed E-state index contributed by atoms with van der Waals surface area (Å²) in [5.74, 6) is 0.0591. The second kappa shape index (κ2) is 6.48. The summed E-state index contributed by atoms with van der Waals surface area (Å²) in [5, 5.41) is 0. The number of hydrogen-bond donors (Lipinski definition) is 0. The lowest BCUT2D eigenvalue weighted by atomic mass is 10.0. The van der Waals surface area contributed by atoms with Crippen LogP contribution in [-0.4, -0.2) is 24.4 Å². The van der Waals surface area contributed by atoms with Crippen molar-refractivity contribution in [2.75, 3.05) is 16.3 Å². The Morgan fingerprint density at radius 3 is 2.46 bits per heavy atom. The SMILES string of the molecule is CC(=O)N1c2ccccc2N(C(=O)Cc2cccc(C)c2)C[C@@H]1C. The van der Waals surface area contributed by atoms with Gasteiger partial charge in [-0.2, -0.15) is 0 Å². The van der Waals surface area contributed by atoms with E-state index in [-0.39, 0.29) is 17.9 Å². The van der Waals surface area contributed by atoms with Gasteiger partial charge in [-0.3, -0.25) is 9.59 Å². The van der Waals surface area contributed by atoms with E-state index in [0.29, 0.717) is 13.0 Å². The van der Waals surface area contributed by atoms with Crippen LogP contribution in [0.5, 0.6) is 0 Å². The molecule has 0 saturated heterocycles. The molecule has 2 amide bonds. The fraction of sp³-hybridized carbons (Fsp3) is 0.300. The summed E-state index contributed by atoms with van der Waals surface area (Å²) >= 11 is 0. The fourth-order valence-electron chi connectivity index (χ4n) is 3.39. The van der Waals surface area contributed by atoms with Crippen LogP contribution in [0.15, 0.2) is 48.5 Å². The molecule has 1 aliphatic heterocycles. The predicted molar refractivity (Wildman–Crippen MR) is 96.3 cm³/mol. The van der Waals surface area contributed by atoms with Gasteiger partial charge in [0.25, 0.3) is 0 Å². The number of aryl methyl sites for hydroxylation is 1. The molecule has 124 valence electrons. The van der Waals surface area contributed by atoms with Crippen LogP contribution in [0.4, 0.5) is 11.4 Å². The third-order valence-electron chi connectivity index (χ3n) is 4.40. The van der Waals surface area contributed by atoms with Gasteiger partial charge in [-0.15, -0.1) is 0 Å². The van der Waals surface area contributed by atoms with E-state index < -0.39 is 0 Å². The zero-order chi connectivity index (χ0) is 17.3. The van der Waals surface area contributed by atoms with E-state index in [2.05, 4.69) is 0 Å². The number of carbonyl (C=O) groups excluding carboxylic acids is 2. The minimum Gasteiger partial charge on any atom is -0.308 e. The van der Waals surface area contributed by atoms with Crippen molar-refractivity contribution in [3.8, 4) is 0 Å². The minimum absolute atomic E-state index is 0.000679. The standard InChI is InChI=1S/C20H22N2O2/c1-14-7-6-8-17(11-14)12-20(24)21-13-15(2)22(16(3)23)19-10-5-4-9-18(19)21/h4-11,15H,12-13H2,1-3H3/t15-/m0/s1. The molecule has 0 saturated carbocycles. The third kappa shape index (κ3) is 3.04. The molecule has 0 aromatic heterocycles. The molecule has 1 atom stereocenters. The summed E-state index contributed by atoms with van der Waals surface area (Å²) in [6.07, 6.45) is 0.364. The molecule has 24 heavy (non-hydrogen) atoms. The van der Waals surface area contributed by atoms with Crippen molar-refractivity contribution in [3.05, 3.63) is 59.7 Å².